The van der Waals surface area contributed by atoms with E-state index in [1.165, 1.54) is 20.8 Å². The first-order valence-corrected chi connectivity index (χ1v) is 12.0. The van der Waals surface area contributed by atoms with Crippen LogP contribution in [0.2, 0.25) is 0 Å². The quantitative estimate of drug-likeness (QED) is 0.481. The molecule has 0 aromatic heterocycles. The van der Waals surface area contributed by atoms with Crippen LogP contribution in [0.15, 0.2) is 0 Å². The van der Waals surface area contributed by atoms with Crippen LogP contribution in [0.5, 0.6) is 0 Å². The van der Waals surface area contributed by atoms with Crippen molar-refractivity contribution in [3.63, 3.8) is 0 Å². The van der Waals surface area contributed by atoms with E-state index in [1.807, 2.05) is 6.92 Å². The first kappa shape index (κ1) is 23.2. The van der Waals surface area contributed by atoms with E-state index in [0.29, 0.717) is 25.2 Å². The van der Waals surface area contributed by atoms with Crippen molar-refractivity contribution in [2.45, 2.75) is 97.9 Å². The van der Waals surface area contributed by atoms with Crippen molar-refractivity contribution in [1.29, 1.82) is 0 Å². The van der Waals surface area contributed by atoms with E-state index in [4.69, 9.17) is 14.2 Å². The van der Waals surface area contributed by atoms with E-state index in [2.05, 4.69) is 6.92 Å². The smallest absolute Gasteiger partial charge is 0.303 e. The van der Waals surface area contributed by atoms with Crippen LogP contribution in [0, 0.1) is 34.5 Å². The lowest BCUT2D eigenvalue weighted by molar-refractivity contribution is -0.195. The second kappa shape index (κ2) is 8.14. The highest BCUT2D eigenvalue weighted by Crippen LogP contribution is 2.66. The van der Waals surface area contributed by atoms with Crippen LogP contribution >= 0.6 is 0 Å². The van der Waals surface area contributed by atoms with Gasteiger partial charge < -0.3 is 14.2 Å². The van der Waals surface area contributed by atoms with Gasteiger partial charge in [0.15, 0.2) is 11.9 Å². The minimum absolute atomic E-state index is 0.0472. The van der Waals surface area contributed by atoms with Crippen LogP contribution in [0.1, 0.15) is 79.6 Å². The zero-order valence-corrected chi connectivity index (χ0v) is 19.8. The van der Waals surface area contributed by atoms with Crippen LogP contribution in [-0.4, -0.2) is 42.0 Å². The van der Waals surface area contributed by atoms with Gasteiger partial charge in [-0.15, -0.1) is 0 Å². The van der Waals surface area contributed by atoms with E-state index < -0.39 is 17.5 Å². The number of ketones is 1. The maximum atomic E-state index is 13.2. The average Bonchev–Trinajstić information content (AvgIpc) is 2.93. The molecule has 0 amide bonds. The van der Waals surface area contributed by atoms with Gasteiger partial charge in [0, 0.05) is 32.1 Å². The Morgan fingerprint density at radius 1 is 0.781 bits per heavy atom. The molecule has 0 aliphatic heterocycles. The molecule has 0 bridgehead atoms. The van der Waals surface area contributed by atoms with Crippen molar-refractivity contribution < 1.29 is 33.4 Å². The number of carbonyl (C=O) groups is 4. The Morgan fingerprint density at radius 3 is 2.06 bits per heavy atom. The number of Topliss-reactive ketones (excluding diaryl/α,β-unsaturated/α-hetero) is 1. The van der Waals surface area contributed by atoms with Gasteiger partial charge in [-0.25, -0.2) is 0 Å². The Balaban J connectivity index is 1.65. The van der Waals surface area contributed by atoms with Crippen LogP contribution in [0.4, 0.5) is 0 Å². The van der Waals surface area contributed by atoms with Gasteiger partial charge in [0.2, 0.25) is 0 Å². The lowest BCUT2D eigenvalue weighted by Gasteiger charge is -2.61. The number of esters is 3. The fraction of sp³-hybridized carbons (Fsp3) is 0.840. The fourth-order valence-electron chi connectivity index (χ4n) is 7.99. The number of ether oxygens (including phenoxy) is 3. The molecule has 32 heavy (non-hydrogen) atoms. The normalized spacial score (nSPS) is 45.2. The van der Waals surface area contributed by atoms with E-state index in [1.54, 1.807) is 0 Å². The summed E-state index contributed by atoms with van der Waals surface area (Å²) in [6.45, 7) is 8.57. The third kappa shape index (κ3) is 3.75. The number of fused-ring (bicyclic) bond motifs is 5. The fourth-order valence-corrected chi connectivity index (χ4v) is 7.99. The molecular formula is C25H36O7. The zero-order chi connectivity index (χ0) is 23.4. The molecule has 0 aromatic rings. The highest BCUT2D eigenvalue weighted by atomic mass is 16.6. The third-order valence-corrected chi connectivity index (χ3v) is 9.28. The Kier molecular flexibility index (Phi) is 5.91. The molecule has 0 spiro atoms. The predicted octanol–water partition coefficient (Wildman–Crippen LogP) is 3.61. The largest absolute Gasteiger partial charge is 0.463 e. The minimum Gasteiger partial charge on any atom is -0.463 e. The lowest BCUT2D eigenvalue weighted by atomic mass is 9.44. The number of hydrogen-bond acceptors (Lipinski definition) is 7. The lowest BCUT2D eigenvalue weighted by Crippen LogP contribution is -2.59. The molecule has 0 radical (unpaired) electrons. The molecule has 4 rings (SSSR count). The predicted molar refractivity (Wildman–Crippen MR) is 114 cm³/mol. The van der Waals surface area contributed by atoms with Gasteiger partial charge in [-0.05, 0) is 68.1 Å². The summed E-state index contributed by atoms with van der Waals surface area (Å²) in [6, 6.07) is 0. The van der Waals surface area contributed by atoms with Gasteiger partial charge in [0.25, 0.3) is 0 Å². The number of rotatable bonds is 3. The Labute approximate surface area is 189 Å². The van der Waals surface area contributed by atoms with E-state index in [9.17, 15) is 19.2 Å². The summed E-state index contributed by atoms with van der Waals surface area (Å²) in [7, 11) is 0. The molecule has 4 aliphatic rings. The van der Waals surface area contributed by atoms with Crippen LogP contribution < -0.4 is 0 Å². The highest BCUT2D eigenvalue weighted by molar-refractivity contribution is 5.92. The second-order valence-electron chi connectivity index (χ2n) is 11.0. The van der Waals surface area contributed by atoms with Gasteiger partial charge >= 0.3 is 17.9 Å². The molecule has 4 aliphatic carbocycles. The maximum absolute atomic E-state index is 13.2. The van der Waals surface area contributed by atoms with Crippen molar-refractivity contribution in [3.05, 3.63) is 0 Å². The Bertz CT molecular complexity index is 821. The van der Waals surface area contributed by atoms with Crippen molar-refractivity contribution in [3.8, 4) is 0 Å². The zero-order valence-electron chi connectivity index (χ0n) is 19.8. The van der Waals surface area contributed by atoms with E-state index in [-0.39, 0.29) is 53.1 Å². The summed E-state index contributed by atoms with van der Waals surface area (Å²) in [5.74, 6) is -0.0780. The molecule has 0 unspecified atom stereocenters. The van der Waals surface area contributed by atoms with Crippen molar-refractivity contribution in [2.75, 3.05) is 0 Å². The number of hydrogen-bond donors (Lipinski definition) is 0. The Morgan fingerprint density at radius 2 is 1.44 bits per heavy atom. The van der Waals surface area contributed by atoms with Gasteiger partial charge in [0.1, 0.15) is 12.2 Å². The van der Waals surface area contributed by atoms with Gasteiger partial charge in [-0.2, -0.15) is 0 Å². The van der Waals surface area contributed by atoms with E-state index >= 15 is 0 Å². The molecule has 0 N–H and O–H groups in total. The molecule has 0 saturated heterocycles. The SMILES string of the molecule is CC(=O)O[C@H]1CC[C@@]2(C)[C@H](C1)[C@@H](OC(C)=O)C[C@@H]1[C@@H]2CC[C@]2(C)C(=O)[C@@H](OC(C)=O)C[C@@H]12. The van der Waals surface area contributed by atoms with Gasteiger partial charge in [-0.1, -0.05) is 13.8 Å². The maximum Gasteiger partial charge on any atom is 0.303 e. The first-order valence-electron chi connectivity index (χ1n) is 12.0. The molecule has 178 valence electrons. The van der Waals surface area contributed by atoms with Crippen molar-refractivity contribution in [2.24, 2.45) is 34.5 Å². The van der Waals surface area contributed by atoms with E-state index in [0.717, 1.165) is 25.7 Å². The molecular weight excluding hydrogens is 412 g/mol. The third-order valence-electron chi connectivity index (χ3n) is 9.28. The van der Waals surface area contributed by atoms with Crippen molar-refractivity contribution >= 4 is 23.7 Å². The average molecular weight is 449 g/mol. The topological polar surface area (TPSA) is 96.0 Å². The summed E-state index contributed by atoms with van der Waals surface area (Å²) >= 11 is 0. The molecule has 7 heteroatoms. The van der Waals surface area contributed by atoms with Gasteiger partial charge in [0.05, 0.1) is 0 Å². The van der Waals surface area contributed by atoms with Crippen molar-refractivity contribution in [1.82, 2.24) is 0 Å². The monoisotopic (exact) mass is 448 g/mol. The molecule has 4 saturated carbocycles. The number of carbonyl (C=O) groups excluding carboxylic acids is 4. The highest BCUT2D eigenvalue weighted by Gasteiger charge is 2.65. The summed E-state index contributed by atoms with van der Waals surface area (Å²) < 4.78 is 16.8. The molecule has 7 nitrogen and oxygen atoms in total. The van der Waals surface area contributed by atoms with Gasteiger partial charge in [-0.3, -0.25) is 19.2 Å². The summed E-state index contributed by atoms with van der Waals surface area (Å²) in [5.41, 5.74) is -0.552. The van der Waals surface area contributed by atoms with Crippen LogP contribution in [0.25, 0.3) is 0 Å². The molecule has 0 heterocycles. The molecule has 9 atom stereocenters. The van der Waals surface area contributed by atoms with Crippen LogP contribution in [-0.2, 0) is 33.4 Å². The standard InChI is InChI=1S/C25H36O7/c1-13(26)30-16-6-8-24(4)18-7-9-25(5)19(12-22(23(25)29)32-15(3)28)17(18)11-21(20(24)10-16)31-14(2)27/h16-22H,6-12H2,1-5H3/t16-,17+,18-,19-,20+,21-,22-,24+,25-/m0/s1. The Hall–Kier alpha value is -1.92. The second-order valence-corrected chi connectivity index (χ2v) is 11.0. The molecule has 4 fully saturated rings. The summed E-state index contributed by atoms with van der Waals surface area (Å²) in [6.07, 6.45) is 4.33. The van der Waals surface area contributed by atoms with Crippen LogP contribution in [0.3, 0.4) is 0 Å². The minimum atomic E-state index is -0.668. The molecule has 0 aromatic carbocycles. The first-order chi connectivity index (χ1) is 15.0. The summed E-state index contributed by atoms with van der Waals surface area (Å²) in [4.78, 5) is 48.4. The summed E-state index contributed by atoms with van der Waals surface area (Å²) in [5, 5.41) is 0.